The highest BCUT2D eigenvalue weighted by atomic mass is 16.5. The molecule has 1 atom stereocenters. The maximum atomic E-state index is 12.1. The molecule has 1 heterocycles. The van der Waals surface area contributed by atoms with Crippen molar-refractivity contribution in [2.75, 3.05) is 46.9 Å². The fraction of sp³-hybridized carbons (Fsp3) is 0.529. The molecule has 2 rings (SSSR count). The molecule has 1 N–H and O–H groups in total. The third kappa shape index (κ3) is 4.77. The van der Waals surface area contributed by atoms with Gasteiger partial charge in [0.25, 0.3) is 0 Å². The van der Waals surface area contributed by atoms with Crippen molar-refractivity contribution in [1.82, 2.24) is 15.1 Å². The first kappa shape index (κ1) is 17.4. The third-order valence-corrected chi connectivity index (χ3v) is 4.16. The molecule has 126 valence electrons. The second-order valence-corrected chi connectivity index (χ2v) is 5.69. The van der Waals surface area contributed by atoms with E-state index >= 15 is 0 Å². The summed E-state index contributed by atoms with van der Waals surface area (Å²) in [5.74, 6) is -0.261. The van der Waals surface area contributed by atoms with Crippen molar-refractivity contribution in [1.29, 1.82) is 0 Å². The van der Waals surface area contributed by atoms with Gasteiger partial charge in [0.15, 0.2) is 0 Å². The second-order valence-electron chi connectivity index (χ2n) is 5.69. The number of hydrogen-bond donors (Lipinski definition) is 1. The number of carbonyl (C=O) groups excluding carboxylic acids is 2. The first-order valence-corrected chi connectivity index (χ1v) is 7.92. The van der Waals surface area contributed by atoms with E-state index < -0.39 is 6.04 Å². The van der Waals surface area contributed by atoms with Crippen LogP contribution in [0.3, 0.4) is 0 Å². The molecule has 1 aliphatic rings. The summed E-state index contributed by atoms with van der Waals surface area (Å²) in [6, 6.07) is 9.83. The van der Waals surface area contributed by atoms with E-state index in [4.69, 9.17) is 4.74 Å². The van der Waals surface area contributed by atoms with Gasteiger partial charge in [-0.25, -0.2) is 0 Å². The minimum atomic E-state index is -0.452. The summed E-state index contributed by atoms with van der Waals surface area (Å²) in [5, 5.41) is 2.66. The minimum absolute atomic E-state index is 0.0114. The minimum Gasteiger partial charge on any atom is -0.375 e. The van der Waals surface area contributed by atoms with Crippen LogP contribution < -0.4 is 5.32 Å². The summed E-state index contributed by atoms with van der Waals surface area (Å²) in [7, 11) is 3.09. The summed E-state index contributed by atoms with van der Waals surface area (Å²) in [6.45, 7) is 2.77. The van der Waals surface area contributed by atoms with Gasteiger partial charge in [-0.15, -0.1) is 0 Å². The Morgan fingerprint density at radius 1 is 1.26 bits per heavy atom. The lowest BCUT2D eigenvalue weighted by atomic mass is 10.1. The van der Waals surface area contributed by atoms with Crippen molar-refractivity contribution in [3.8, 4) is 0 Å². The number of nitrogens with one attached hydrogen (secondary N) is 1. The molecule has 0 saturated carbocycles. The van der Waals surface area contributed by atoms with E-state index in [-0.39, 0.29) is 18.4 Å². The van der Waals surface area contributed by atoms with E-state index in [0.717, 1.165) is 19.5 Å². The van der Waals surface area contributed by atoms with Crippen LogP contribution in [-0.4, -0.2) is 74.6 Å². The average Bonchev–Trinajstić information content (AvgIpc) is 2.60. The van der Waals surface area contributed by atoms with Crippen molar-refractivity contribution < 1.29 is 14.3 Å². The molecule has 0 bridgehead atoms. The fourth-order valence-corrected chi connectivity index (χ4v) is 2.87. The fourth-order valence-electron chi connectivity index (χ4n) is 2.87. The Bertz CT molecular complexity index is 521. The summed E-state index contributed by atoms with van der Waals surface area (Å²) >= 11 is 0. The summed E-state index contributed by atoms with van der Waals surface area (Å²) in [5.41, 5.74) is 1.28. The molecule has 1 saturated heterocycles. The van der Waals surface area contributed by atoms with Gasteiger partial charge in [-0.1, -0.05) is 30.3 Å². The van der Waals surface area contributed by atoms with E-state index in [1.807, 2.05) is 18.2 Å². The Hall–Kier alpha value is -1.92. The maximum Gasteiger partial charge on any atom is 0.249 e. The molecule has 0 spiro atoms. The number of amides is 2. The molecule has 1 aliphatic heterocycles. The van der Waals surface area contributed by atoms with Crippen LogP contribution in [0.15, 0.2) is 30.3 Å². The van der Waals surface area contributed by atoms with Crippen molar-refractivity contribution in [3.63, 3.8) is 0 Å². The Labute approximate surface area is 137 Å². The first-order valence-electron chi connectivity index (χ1n) is 7.92. The smallest absolute Gasteiger partial charge is 0.249 e. The van der Waals surface area contributed by atoms with Gasteiger partial charge in [-0.05, 0) is 12.0 Å². The van der Waals surface area contributed by atoms with E-state index in [0.29, 0.717) is 13.1 Å². The average molecular weight is 319 g/mol. The Kier molecular flexibility index (Phi) is 6.55. The zero-order valence-corrected chi connectivity index (χ0v) is 13.8. The topological polar surface area (TPSA) is 61.9 Å². The summed E-state index contributed by atoms with van der Waals surface area (Å²) < 4.78 is 4.91. The third-order valence-electron chi connectivity index (χ3n) is 4.16. The van der Waals surface area contributed by atoms with Crippen LogP contribution >= 0.6 is 0 Å². The first-order chi connectivity index (χ1) is 11.2. The lowest BCUT2D eigenvalue weighted by molar-refractivity contribution is -0.146. The highest BCUT2D eigenvalue weighted by molar-refractivity contribution is 5.88. The van der Waals surface area contributed by atoms with Crippen LogP contribution in [0.5, 0.6) is 0 Å². The number of carbonyl (C=O) groups is 2. The zero-order chi connectivity index (χ0) is 16.7. The van der Waals surface area contributed by atoms with E-state index in [1.54, 1.807) is 11.9 Å². The van der Waals surface area contributed by atoms with Gasteiger partial charge in [0, 0.05) is 40.3 Å². The van der Waals surface area contributed by atoms with Crippen molar-refractivity contribution in [2.45, 2.75) is 12.5 Å². The molecule has 1 aromatic rings. The number of hydrogen-bond acceptors (Lipinski definition) is 4. The number of likely N-dealkylation sites (N-methyl/N-ethyl adjacent to an activating group) is 1. The maximum absolute atomic E-state index is 12.1. The molecule has 1 aromatic carbocycles. The Morgan fingerprint density at radius 3 is 2.65 bits per heavy atom. The number of ether oxygens (including phenoxy) is 1. The lowest BCUT2D eigenvalue weighted by Crippen LogP contribution is -2.61. The predicted octanol–water partition coefficient (Wildman–Crippen LogP) is 0.134. The monoisotopic (exact) mass is 319 g/mol. The summed E-state index contributed by atoms with van der Waals surface area (Å²) in [4.78, 5) is 28.1. The van der Waals surface area contributed by atoms with Crippen LogP contribution in [0.25, 0.3) is 0 Å². The number of methoxy groups -OCH3 is 1. The van der Waals surface area contributed by atoms with Crippen LogP contribution in [0.1, 0.15) is 5.56 Å². The molecule has 6 heteroatoms. The Morgan fingerprint density at radius 2 is 2.00 bits per heavy atom. The van der Waals surface area contributed by atoms with Gasteiger partial charge in [-0.2, -0.15) is 0 Å². The predicted molar refractivity (Wildman–Crippen MR) is 88.0 cm³/mol. The molecule has 1 fully saturated rings. The van der Waals surface area contributed by atoms with E-state index in [1.165, 1.54) is 12.7 Å². The number of nitrogens with zero attached hydrogens (tertiary/aromatic N) is 2. The lowest BCUT2D eigenvalue weighted by Gasteiger charge is -2.40. The van der Waals surface area contributed by atoms with Gasteiger partial charge in [-0.3, -0.25) is 14.5 Å². The van der Waals surface area contributed by atoms with Crippen LogP contribution in [-0.2, 0) is 20.7 Å². The largest absolute Gasteiger partial charge is 0.375 e. The molecule has 6 nitrogen and oxygen atoms in total. The Balaban J connectivity index is 1.96. The standard InChI is InChI=1S/C17H25N3O3/c1-18-17(22)15-12-19(9-8-14-6-4-3-5-7-14)10-11-20(15)16(21)13-23-2/h3-7,15H,8-13H2,1-2H3,(H,18,22). The molecular formula is C17H25N3O3. The molecule has 0 radical (unpaired) electrons. The number of benzene rings is 1. The van der Waals surface area contributed by atoms with Crippen molar-refractivity contribution in [2.24, 2.45) is 0 Å². The van der Waals surface area contributed by atoms with E-state index in [9.17, 15) is 9.59 Å². The highest BCUT2D eigenvalue weighted by Gasteiger charge is 2.34. The van der Waals surface area contributed by atoms with Gasteiger partial charge < -0.3 is 15.0 Å². The molecule has 2 amide bonds. The van der Waals surface area contributed by atoms with Crippen LogP contribution in [0.4, 0.5) is 0 Å². The SMILES string of the molecule is CNC(=O)C1CN(CCc2ccccc2)CCN1C(=O)COC. The number of rotatable bonds is 6. The van der Waals surface area contributed by atoms with Gasteiger partial charge >= 0.3 is 0 Å². The molecule has 0 aliphatic carbocycles. The number of piperazine rings is 1. The second kappa shape index (κ2) is 8.64. The van der Waals surface area contributed by atoms with Crippen LogP contribution in [0, 0.1) is 0 Å². The van der Waals surface area contributed by atoms with Crippen molar-refractivity contribution in [3.05, 3.63) is 35.9 Å². The van der Waals surface area contributed by atoms with Gasteiger partial charge in [0.2, 0.25) is 11.8 Å². The molecule has 23 heavy (non-hydrogen) atoms. The normalized spacial score (nSPS) is 18.7. The van der Waals surface area contributed by atoms with E-state index in [2.05, 4.69) is 22.3 Å². The molecular weight excluding hydrogens is 294 g/mol. The van der Waals surface area contributed by atoms with Crippen LogP contribution in [0.2, 0.25) is 0 Å². The quantitative estimate of drug-likeness (QED) is 0.810. The highest BCUT2D eigenvalue weighted by Crippen LogP contribution is 2.12. The molecule has 1 unspecified atom stereocenters. The van der Waals surface area contributed by atoms with Gasteiger partial charge in [0.05, 0.1) is 0 Å². The van der Waals surface area contributed by atoms with Gasteiger partial charge in [0.1, 0.15) is 12.6 Å². The van der Waals surface area contributed by atoms with Crippen molar-refractivity contribution >= 4 is 11.8 Å². The zero-order valence-electron chi connectivity index (χ0n) is 13.8. The summed E-state index contributed by atoms with van der Waals surface area (Å²) in [6.07, 6.45) is 0.938. The molecule has 0 aromatic heterocycles.